The lowest BCUT2D eigenvalue weighted by Crippen LogP contribution is -2.54. The molecule has 1 aromatic rings. The molecule has 3 rings (SSSR count). The molecule has 2 aliphatic rings. The molecule has 2 bridgehead atoms. The number of hydrogen-bond acceptors (Lipinski definition) is 3. The van der Waals surface area contributed by atoms with Gasteiger partial charge in [-0.3, -0.25) is 9.59 Å². The number of nitrogens with two attached hydrogens (primary N) is 1. The fourth-order valence-electron chi connectivity index (χ4n) is 3.57. The molecule has 122 valence electrons. The molecule has 0 spiro atoms. The summed E-state index contributed by atoms with van der Waals surface area (Å²) in [5.41, 5.74) is 7.15. The molecule has 5 nitrogen and oxygen atoms in total. The van der Waals surface area contributed by atoms with Crippen LogP contribution >= 0.6 is 12.4 Å². The number of rotatable bonds is 2. The Morgan fingerprint density at radius 3 is 2.68 bits per heavy atom. The minimum Gasteiger partial charge on any atom is -0.340 e. The van der Waals surface area contributed by atoms with Crippen LogP contribution in [0.5, 0.6) is 0 Å². The predicted octanol–water partition coefficient (Wildman–Crippen LogP) is 1.20. The van der Waals surface area contributed by atoms with Gasteiger partial charge in [-0.1, -0.05) is 19.9 Å². The first-order chi connectivity index (χ1) is 9.97. The Morgan fingerprint density at radius 2 is 2.00 bits per heavy atom. The maximum atomic E-state index is 12.5. The molecule has 1 amide bonds. The summed E-state index contributed by atoms with van der Waals surface area (Å²) in [6, 6.07) is 5.01. The van der Waals surface area contributed by atoms with Gasteiger partial charge in [0.15, 0.2) is 0 Å². The monoisotopic (exact) mass is 325 g/mol. The third kappa shape index (κ3) is 2.92. The average Bonchev–Trinajstić information content (AvgIpc) is 2.46. The van der Waals surface area contributed by atoms with Crippen LogP contribution in [0.1, 0.15) is 31.9 Å². The van der Waals surface area contributed by atoms with Crippen LogP contribution in [0.25, 0.3) is 0 Å². The molecule has 1 fully saturated rings. The van der Waals surface area contributed by atoms with Gasteiger partial charge in [0.25, 0.3) is 5.56 Å². The summed E-state index contributed by atoms with van der Waals surface area (Å²) in [5.74, 6) is 0.815. The lowest BCUT2D eigenvalue weighted by Gasteiger charge is -2.43. The van der Waals surface area contributed by atoms with Crippen LogP contribution in [0.15, 0.2) is 23.0 Å². The van der Waals surface area contributed by atoms with E-state index in [-0.39, 0.29) is 35.7 Å². The van der Waals surface area contributed by atoms with E-state index >= 15 is 0 Å². The summed E-state index contributed by atoms with van der Waals surface area (Å²) in [5, 5.41) is 0. The first-order valence-corrected chi connectivity index (χ1v) is 7.71. The maximum absolute atomic E-state index is 12.5. The molecule has 3 atom stereocenters. The summed E-state index contributed by atoms with van der Waals surface area (Å²) in [4.78, 5) is 26.4. The summed E-state index contributed by atoms with van der Waals surface area (Å²) in [6.07, 6.45) is 1.06. The number of nitrogens with zero attached hydrogens (tertiary/aromatic N) is 2. The quantitative estimate of drug-likeness (QED) is 0.888. The van der Waals surface area contributed by atoms with Crippen molar-refractivity contribution >= 4 is 18.3 Å². The van der Waals surface area contributed by atoms with Gasteiger partial charge in [0.05, 0.1) is 6.04 Å². The van der Waals surface area contributed by atoms with Crippen molar-refractivity contribution in [2.45, 2.75) is 38.8 Å². The zero-order chi connectivity index (χ0) is 15.1. The van der Waals surface area contributed by atoms with Gasteiger partial charge in [0.1, 0.15) is 0 Å². The van der Waals surface area contributed by atoms with Crippen LogP contribution in [0.3, 0.4) is 0 Å². The number of halogens is 1. The Hall–Kier alpha value is -1.33. The summed E-state index contributed by atoms with van der Waals surface area (Å²) in [7, 11) is 0. The smallest absolute Gasteiger partial charge is 0.250 e. The largest absolute Gasteiger partial charge is 0.340 e. The number of hydrogen-bond donors (Lipinski definition) is 1. The van der Waals surface area contributed by atoms with Crippen molar-refractivity contribution < 1.29 is 4.79 Å². The van der Waals surface area contributed by atoms with Crippen LogP contribution in [0.4, 0.5) is 0 Å². The van der Waals surface area contributed by atoms with E-state index in [0.717, 1.165) is 18.7 Å². The second-order valence-corrected chi connectivity index (χ2v) is 6.71. The normalized spacial score (nSPS) is 24.5. The fourth-order valence-corrected chi connectivity index (χ4v) is 3.57. The predicted molar refractivity (Wildman–Crippen MR) is 88.2 cm³/mol. The highest BCUT2D eigenvalue weighted by Gasteiger charge is 2.37. The molecule has 22 heavy (non-hydrogen) atoms. The van der Waals surface area contributed by atoms with E-state index in [4.69, 9.17) is 5.73 Å². The van der Waals surface area contributed by atoms with Crippen LogP contribution < -0.4 is 11.3 Å². The second-order valence-electron chi connectivity index (χ2n) is 6.71. The van der Waals surface area contributed by atoms with Crippen molar-refractivity contribution in [2.75, 3.05) is 13.1 Å². The van der Waals surface area contributed by atoms with E-state index in [1.165, 1.54) is 0 Å². The molecule has 0 saturated carbocycles. The first kappa shape index (κ1) is 17.0. The summed E-state index contributed by atoms with van der Waals surface area (Å²) in [6.45, 7) is 6.06. The Balaban J connectivity index is 0.00000176. The van der Waals surface area contributed by atoms with Crippen LogP contribution in [-0.2, 0) is 11.3 Å². The van der Waals surface area contributed by atoms with E-state index < -0.39 is 6.04 Å². The van der Waals surface area contributed by atoms with E-state index in [0.29, 0.717) is 19.0 Å². The Labute approximate surface area is 136 Å². The molecule has 1 saturated heterocycles. The van der Waals surface area contributed by atoms with Crippen LogP contribution in [0.2, 0.25) is 0 Å². The van der Waals surface area contributed by atoms with Crippen LogP contribution in [0, 0.1) is 11.8 Å². The van der Waals surface area contributed by atoms with Crippen molar-refractivity contribution in [3.05, 3.63) is 34.2 Å². The van der Waals surface area contributed by atoms with Crippen molar-refractivity contribution in [3.63, 3.8) is 0 Å². The number of fused-ring (bicyclic) bond motifs is 4. The SMILES string of the molecule is CC(C)[C@H](N)C(=O)N1CC2CC(C1)c1cccc(=O)n1C2.Cl. The highest BCUT2D eigenvalue weighted by molar-refractivity contribution is 5.85. The summed E-state index contributed by atoms with van der Waals surface area (Å²) >= 11 is 0. The zero-order valence-electron chi connectivity index (χ0n) is 13.1. The zero-order valence-corrected chi connectivity index (χ0v) is 13.9. The lowest BCUT2D eigenvalue weighted by atomic mass is 9.82. The Kier molecular flexibility index (Phi) is 4.97. The average molecular weight is 326 g/mol. The second kappa shape index (κ2) is 6.42. The highest BCUT2D eigenvalue weighted by Crippen LogP contribution is 2.35. The standard InChI is InChI=1S/C16H23N3O2.ClH/c1-10(2)15(17)16(21)18-7-11-6-12(9-18)13-4-3-5-14(20)19(13)8-11;/h3-5,10-12,15H,6-9,17H2,1-2H3;1H/t11?,12?,15-;/m0./s1. The number of carbonyl (C=O) groups excluding carboxylic acids is 1. The number of likely N-dealkylation sites (tertiary alicyclic amines) is 1. The van der Waals surface area contributed by atoms with E-state index in [2.05, 4.69) is 0 Å². The minimum absolute atomic E-state index is 0. The molecule has 2 unspecified atom stereocenters. The van der Waals surface area contributed by atoms with Gasteiger partial charge in [0, 0.05) is 37.3 Å². The lowest BCUT2D eigenvalue weighted by molar-refractivity contribution is -0.136. The number of pyridine rings is 1. The van der Waals surface area contributed by atoms with Crippen molar-refractivity contribution in [1.82, 2.24) is 9.47 Å². The van der Waals surface area contributed by atoms with E-state index in [1.807, 2.05) is 35.4 Å². The van der Waals surface area contributed by atoms with Crippen LogP contribution in [-0.4, -0.2) is 34.5 Å². The Bertz CT molecular complexity index is 614. The molecular formula is C16H24ClN3O2. The van der Waals surface area contributed by atoms with Gasteiger partial charge in [0.2, 0.25) is 5.91 Å². The minimum atomic E-state index is -0.429. The van der Waals surface area contributed by atoms with Crippen molar-refractivity contribution in [2.24, 2.45) is 17.6 Å². The van der Waals surface area contributed by atoms with Gasteiger partial charge in [-0.25, -0.2) is 0 Å². The van der Waals surface area contributed by atoms with Crippen molar-refractivity contribution in [3.8, 4) is 0 Å². The molecule has 3 heterocycles. The maximum Gasteiger partial charge on any atom is 0.250 e. The van der Waals surface area contributed by atoms with Crippen molar-refractivity contribution in [1.29, 1.82) is 0 Å². The molecule has 2 aliphatic heterocycles. The molecule has 1 aromatic heterocycles. The number of carbonyl (C=O) groups is 1. The van der Waals surface area contributed by atoms with Gasteiger partial charge in [-0.2, -0.15) is 0 Å². The van der Waals surface area contributed by atoms with E-state index in [9.17, 15) is 9.59 Å². The third-order valence-electron chi connectivity index (χ3n) is 4.79. The molecule has 0 radical (unpaired) electrons. The van der Waals surface area contributed by atoms with Gasteiger partial charge >= 0.3 is 0 Å². The molecule has 0 aromatic carbocycles. The number of aromatic nitrogens is 1. The number of piperidine rings is 1. The van der Waals surface area contributed by atoms with Gasteiger partial charge in [-0.05, 0) is 24.3 Å². The Morgan fingerprint density at radius 1 is 1.27 bits per heavy atom. The molecule has 6 heteroatoms. The molecular weight excluding hydrogens is 302 g/mol. The molecule has 2 N–H and O–H groups in total. The third-order valence-corrected chi connectivity index (χ3v) is 4.79. The molecule has 0 aliphatic carbocycles. The first-order valence-electron chi connectivity index (χ1n) is 7.71. The fraction of sp³-hybridized carbons (Fsp3) is 0.625. The highest BCUT2D eigenvalue weighted by atomic mass is 35.5. The topological polar surface area (TPSA) is 68.3 Å². The van der Waals surface area contributed by atoms with Gasteiger partial charge in [-0.15, -0.1) is 12.4 Å². The van der Waals surface area contributed by atoms with Gasteiger partial charge < -0.3 is 15.2 Å². The summed E-state index contributed by atoms with van der Waals surface area (Å²) < 4.78 is 1.88. The number of amides is 1. The van der Waals surface area contributed by atoms with E-state index in [1.54, 1.807) is 6.07 Å².